The van der Waals surface area contributed by atoms with E-state index in [4.69, 9.17) is 10.5 Å². The number of alkyl halides is 1. The second kappa shape index (κ2) is 5.71. The normalized spacial score (nSPS) is 32.7. The zero-order valence-corrected chi connectivity index (χ0v) is 12.7. The summed E-state index contributed by atoms with van der Waals surface area (Å²) in [5, 5.41) is 10.2. The van der Waals surface area contributed by atoms with E-state index in [1.54, 1.807) is 12.4 Å². The van der Waals surface area contributed by atoms with Gasteiger partial charge in [0.2, 0.25) is 0 Å². The maximum absolute atomic E-state index is 10.2. The van der Waals surface area contributed by atoms with Gasteiger partial charge in [0.1, 0.15) is 0 Å². The van der Waals surface area contributed by atoms with E-state index in [0.29, 0.717) is 5.69 Å². The molecule has 2 heterocycles. The number of pyridine rings is 1. The molecule has 1 aliphatic heterocycles. The lowest BCUT2D eigenvalue weighted by Crippen LogP contribution is -2.45. The van der Waals surface area contributed by atoms with Crippen molar-refractivity contribution >= 4 is 28.3 Å². The summed E-state index contributed by atoms with van der Waals surface area (Å²) in [6.07, 6.45) is 3.55. The molecule has 0 amide bonds. The fraction of sp³-hybridized carbons (Fsp3) is 0.615. The summed E-state index contributed by atoms with van der Waals surface area (Å²) in [6, 6.07) is 1.90. The van der Waals surface area contributed by atoms with Crippen molar-refractivity contribution in [3.8, 4) is 0 Å². The molecule has 1 fully saturated rings. The number of nitrogens with two attached hydrogens (primary N) is 1. The molecular weight excluding hydrogens is 343 g/mol. The molecule has 1 saturated heterocycles. The Morgan fingerprint density at radius 3 is 2.89 bits per heavy atom. The van der Waals surface area contributed by atoms with Crippen LogP contribution in [0.2, 0.25) is 0 Å². The molecule has 1 aromatic heterocycles. The van der Waals surface area contributed by atoms with Crippen molar-refractivity contribution in [2.45, 2.75) is 42.5 Å². The molecule has 1 aromatic rings. The van der Waals surface area contributed by atoms with Crippen LogP contribution in [0.4, 0.5) is 5.69 Å². The summed E-state index contributed by atoms with van der Waals surface area (Å²) in [4.78, 5) is 4.00. The van der Waals surface area contributed by atoms with Crippen molar-refractivity contribution in [1.29, 1.82) is 0 Å². The van der Waals surface area contributed by atoms with Crippen LogP contribution in [0.1, 0.15) is 31.9 Å². The molecule has 0 aliphatic carbocycles. The van der Waals surface area contributed by atoms with E-state index in [1.807, 2.05) is 6.07 Å². The second-order valence-electron chi connectivity index (χ2n) is 5.08. The van der Waals surface area contributed by atoms with E-state index in [-0.39, 0.29) is 22.1 Å². The van der Waals surface area contributed by atoms with Crippen molar-refractivity contribution in [2.24, 2.45) is 5.92 Å². The predicted octanol–water partition coefficient (Wildman–Crippen LogP) is 2.31. The number of nitrogens with zero attached hydrogens (tertiary/aromatic N) is 1. The summed E-state index contributed by atoms with van der Waals surface area (Å²) >= 11 is 2.30. The number of nitrogen functional groups attached to an aromatic ring is 1. The summed E-state index contributed by atoms with van der Waals surface area (Å²) in [5.41, 5.74) is 7.58. The van der Waals surface area contributed by atoms with Crippen molar-refractivity contribution in [1.82, 2.24) is 4.98 Å². The molecule has 4 atom stereocenters. The molecule has 0 saturated carbocycles. The van der Waals surface area contributed by atoms with Gasteiger partial charge in [-0.1, -0.05) is 36.4 Å². The third-order valence-electron chi connectivity index (χ3n) is 3.36. The SMILES string of the molecule is CC(C)[C@@H]1O[C@H](c2ccncc2N)C[C@H](I)[C@H]1O. The second-order valence-corrected chi connectivity index (χ2v) is 6.68. The molecule has 0 spiro atoms. The zero-order chi connectivity index (χ0) is 13.3. The number of rotatable bonds is 2. The van der Waals surface area contributed by atoms with E-state index in [0.717, 1.165) is 12.0 Å². The summed E-state index contributed by atoms with van der Waals surface area (Å²) in [7, 11) is 0. The molecule has 1 aliphatic rings. The van der Waals surface area contributed by atoms with Crippen molar-refractivity contribution < 1.29 is 9.84 Å². The van der Waals surface area contributed by atoms with Crippen molar-refractivity contribution in [3.63, 3.8) is 0 Å². The lowest BCUT2D eigenvalue weighted by atomic mass is 9.91. The smallest absolute Gasteiger partial charge is 0.0923 e. The van der Waals surface area contributed by atoms with Crippen LogP contribution >= 0.6 is 22.6 Å². The van der Waals surface area contributed by atoms with Crippen molar-refractivity contribution in [2.75, 3.05) is 5.73 Å². The van der Waals surface area contributed by atoms with Gasteiger partial charge in [-0.15, -0.1) is 0 Å². The van der Waals surface area contributed by atoms with Crippen LogP contribution in [-0.4, -0.2) is 26.2 Å². The Hall–Kier alpha value is -0.400. The van der Waals surface area contributed by atoms with Crippen LogP contribution < -0.4 is 5.73 Å². The lowest BCUT2D eigenvalue weighted by Gasteiger charge is -2.39. The number of anilines is 1. The minimum Gasteiger partial charge on any atom is -0.397 e. The van der Waals surface area contributed by atoms with Gasteiger partial charge in [-0.2, -0.15) is 0 Å². The van der Waals surface area contributed by atoms with Crippen LogP contribution in [0.3, 0.4) is 0 Å². The quantitative estimate of drug-likeness (QED) is 0.626. The van der Waals surface area contributed by atoms with Crippen molar-refractivity contribution in [3.05, 3.63) is 24.0 Å². The first kappa shape index (κ1) is 14.0. The highest BCUT2D eigenvalue weighted by atomic mass is 127. The number of halogens is 1. The topological polar surface area (TPSA) is 68.4 Å². The third kappa shape index (κ3) is 2.78. The van der Waals surface area contributed by atoms with Gasteiger partial charge in [0, 0.05) is 15.7 Å². The van der Waals surface area contributed by atoms with Gasteiger partial charge in [-0.05, 0) is 18.4 Å². The maximum Gasteiger partial charge on any atom is 0.0923 e. The third-order valence-corrected chi connectivity index (χ3v) is 4.60. The average molecular weight is 362 g/mol. The van der Waals surface area contributed by atoms with E-state index < -0.39 is 6.10 Å². The van der Waals surface area contributed by atoms with E-state index in [2.05, 4.69) is 41.4 Å². The highest BCUT2D eigenvalue weighted by molar-refractivity contribution is 14.1. The minimum atomic E-state index is -0.412. The van der Waals surface area contributed by atoms with Crippen LogP contribution in [-0.2, 0) is 4.74 Å². The predicted molar refractivity (Wildman–Crippen MR) is 79.5 cm³/mol. The largest absolute Gasteiger partial charge is 0.397 e. The first-order chi connectivity index (χ1) is 8.50. The van der Waals surface area contributed by atoms with Crippen LogP contribution in [0.15, 0.2) is 18.5 Å². The minimum absolute atomic E-state index is 0.0503. The number of aliphatic hydroxyl groups is 1. The monoisotopic (exact) mass is 362 g/mol. The Bertz CT molecular complexity index is 414. The standard InChI is InChI=1S/C13H19IN2O2/c1-7(2)13-12(17)9(14)5-11(18-13)8-3-4-16-6-10(8)15/h3-4,6-7,9,11-13,17H,5,15H2,1-2H3/t9-,11-,12+,13-/m0/s1. The molecule has 0 aromatic carbocycles. The van der Waals surface area contributed by atoms with Gasteiger partial charge in [-0.25, -0.2) is 0 Å². The van der Waals surface area contributed by atoms with Crippen LogP contribution in [0.25, 0.3) is 0 Å². The van der Waals surface area contributed by atoms with Gasteiger partial charge in [0.25, 0.3) is 0 Å². The molecule has 3 N–H and O–H groups in total. The molecule has 0 radical (unpaired) electrons. The van der Waals surface area contributed by atoms with Crippen LogP contribution in [0.5, 0.6) is 0 Å². The first-order valence-corrected chi connectivity index (χ1v) is 7.42. The maximum atomic E-state index is 10.2. The van der Waals surface area contributed by atoms with Gasteiger partial charge < -0.3 is 15.6 Å². The lowest BCUT2D eigenvalue weighted by molar-refractivity contribution is -0.131. The zero-order valence-electron chi connectivity index (χ0n) is 10.6. The Morgan fingerprint density at radius 1 is 1.56 bits per heavy atom. The number of aromatic nitrogens is 1. The number of aliphatic hydroxyl groups excluding tert-OH is 1. The molecule has 2 rings (SSSR count). The van der Waals surface area contributed by atoms with Gasteiger partial charge in [-0.3, -0.25) is 4.98 Å². The number of hydrogen-bond donors (Lipinski definition) is 2. The molecule has 0 unspecified atom stereocenters. The molecule has 100 valence electrons. The Morgan fingerprint density at radius 2 is 2.28 bits per heavy atom. The molecule has 5 heteroatoms. The van der Waals surface area contributed by atoms with E-state index in [9.17, 15) is 5.11 Å². The molecule has 18 heavy (non-hydrogen) atoms. The molecular formula is C13H19IN2O2. The highest BCUT2D eigenvalue weighted by Crippen LogP contribution is 2.38. The Kier molecular flexibility index (Phi) is 4.45. The molecule has 0 bridgehead atoms. The average Bonchev–Trinajstić information content (AvgIpc) is 2.33. The van der Waals surface area contributed by atoms with E-state index >= 15 is 0 Å². The summed E-state index contributed by atoms with van der Waals surface area (Å²) in [6.45, 7) is 4.13. The summed E-state index contributed by atoms with van der Waals surface area (Å²) in [5.74, 6) is 0.281. The van der Waals surface area contributed by atoms with Gasteiger partial charge in [0.15, 0.2) is 0 Å². The fourth-order valence-corrected chi connectivity index (χ4v) is 3.21. The highest BCUT2D eigenvalue weighted by Gasteiger charge is 2.38. The van der Waals surface area contributed by atoms with E-state index in [1.165, 1.54) is 0 Å². The summed E-state index contributed by atoms with van der Waals surface area (Å²) < 4.78 is 6.22. The fourth-order valence-electron chi connectivity index (χ4n) is 2.34. The molecule has 4 nitrogen and oxygen atoms in total. The first-order valence-electron chi connectivity index (χ1n) is 6.17. The number of ether oxygens (including phenoxy) is 1. The van der Waals surface area contributed by atoms with Crippen LogP contribution in [0, 0.1) is 5.92 Å². The Labute approximate surface area is 121 Å². The van der Waals surface area contributed by atoms with Gasteiger partial charge in [0.05, 0.1) is 30.2 Å². The Balaban J connectivity index is 2.23. The van der Waals surface area contributed by atoms with Gasteiger partial charge >= 0.3 is 0 Å². The number of hydrogen-bond acceptors (Lipinski definition) is 4.